The number of halogens is 2. The van der Waals surface area contributed by atoms with Crippen LogP contribution in [0.3, 0.4) is 0 Å². The Balaban J connectivity index is 2.11. The van der Waals surface area contributed by atoms with Crippen molar-refractivity contribution in [3.8, 4) is 0 Å². The van der Waals surface area contributed by atoms with Crippen LogP contribution >= 0.6 is 28.1 Å². The summed E-state index contributed by atoms with van der Waals surface area (Å²) >= 11 is 8.66. The molecule has 2 N–H and O–H groups in total. The van der Waals surface area contributed by atoms with Gasteiger partial charge in [-0.05, 0) is 54.5 Å². The number of aryl methyl sites for hydroxylation is 1. The molecule has 0 unspecified atom stereocenters. The SMILES string of the molecule is CCc1cc(Br)ccc1NC(=S)Nc1ccccc1F. The molecule has 0 aliphatic heterocycles. The highest BCUT2D eigenvalue weighted by Gasteiger charge is 2.06. The molecular weight excluding hydrogens is 339 g/mol. The standard InChI is InChI=1S/C15H14BrFN2S/c1-2-10-9-11(16)7-8-13(10)18-15(20)19-14-6-4-3-5-12(14)17/h3-9H,2H2,1H3,(H2,18,19,20). The molecule has 2 aromatic rings. The summed E-state index contributed by atoms with van der Waals surface area (Å²) < 4.78 is 14.6. The van der Waals surface area contributed by atoms with Crippen LogP contribution in [0, 0.1) is 5.82 Å². The number of thiocarbonyl (C=S) groups is 1. The Morgan fingerprint density at radius 1 is 1.15 bits per heavy atom. The van der Waals surface area contributed by atoms with Crippen LogP contribution in [0.5, 0.6) is 0 Å². The zero-order chi connectivity index (χ0) is 14.5. The largest absolute Gasteiger partial charge is 0.332 e. The first kappa shape index (κ1) is 14.9. The van der Waals surface area contributed by atoms with Crippen molar-refractivity contribution in [1.82, 2.24) is 0 Å². The van der Waals surface area contributed by atoms with Gasteiger partial charge in [-0.15, -0.1) is 0 Å². The predicted octanol–water partition coefficient (Wildman–Crippen LogP) is 4.96. The molecule has 0 aliphatic rings. The van der Waals surface area contributed by atoms with Crippen molar-refractivity contribution in [2.45, 2.75) is 13.3 Å². The van der Waals surface area contributed by atoms with Gasteiger partial charge in [0.2, 0.25) is 0 Å². The molecule has 5 heteroatoms. The Morgan fingerprint density at radius 3 is 2.55 bits per heavy atom. The molecule has 0 aromatic heterocycles. The third-order valence-electron chi connectivity index (χ3n) is 2.82. The van der Waals surface area contributed by atoms with Crippen molar-refractivity contribution in [1.29, 1.82) is 0 Å². The van der Waals surface area contributed by atoms with Crippen LogP contribution in [-0.2, 0) is 6.42 Å². The molecule has 0 fully saturated rings. The van der Waals surface area contributed by atoms with Crippen LogP contribution in [0.25, 0.3) is 0 Å². The fourth-order valence-corrected chi connectivity index (χ4v) is 2.44. The molecule has 0 spiro atoms. The molecule has 2 nitrogen and oxygen atoms in total. The van der Waals surface area contributed by atoms with E-state index in [4.69, 9.17) is 12.2 Å². The summed E-state index contributed by atoms with van der Waals surface area (Å²) in [5, 5.41) is 6.32. The van der Waals surface area contributed by atoms with E-state index < -0.39 is 0 Å². The lowest BCUT2D eigenvalue weighted by atomic mass is 10.1. The molecule has 0 radical (unpaired) electrons. The number of hydrogen-bond acceptors (Lipinski definition) is 1. The molecule has 0 heterocycles. The Labute approximate surface area is 131 Å². The number of rotatable bonds is 3. The molecule has 104 valence electrons. The van der Waals surface area contributed by atoms with E-state index in [0.717, 1.165) is 22.1 Å². The van der Waals surface area contributed by atoms with E-state index in [9.17, 15) is 4.39 Å². The van der Waals surface area contributed by atoms with E-state index in [1.54, 1.807) is 18.2 Å². The first-order chi connectivity index (χ1) is 9.60. The maximum Gasteiger partial charge on any atom is 0.175 e. The quantitative estimate of drug-likeness (QED) is 0.763. The normalized spacial score (nSPS) is 10.2. The van der Waals surface area contributed by atoms with Crippen molar-refractivity contribution >= 4 is 44.6 Å². The van der Waals surface area contributed by atoms with E-state index in [0.29, 0.717) is 10.8 Å². The van der Waals surface area contributed by atoms with Crippen LogP contribution in [0.2, 0.25) is 0 Å². The lowest BCUT2D eigenvalue weighted by molar-refractivity contribution is 0.632. The molecular formula is C15H14BrFN2S. The van der Waals surface area contributed by atoms with Gasteiger partial charge in [0, 0.05) is 10.2 Å². The van der Waals surface area contributed by atoms with Crippen molar-refractivity contribution in [3.05, 3.63) is 58.3 Å². The van der Waals surface area contributed by atoms with Crippen LogP contribution in [0.15, 0.2) is 46.9 Å². The average molecular weight is 353 g/mol. The van der Waals surface area contributed by atoms with E-state index in [1.807, 2.05) is 18.2 Å². The zero-order valence-corrected chi connectivity index (χ0v) is 13.3. The van der Waals surface area contributed by atoms with Gasteiger partial charge in [-0.1, -0.05) is 35.0 Å². The molecule has 2 rings (SSSR count). The van der Waals surface area contributed by atoms with Gasteiger partial charge in [0.1, 0.15) is 5.82 Å². The van der Waals surface area contributed by atoms with Crippen LogP contribution in [0.1, 0.15) is 12.5 Å². The first-order valence-corrected chi connectivity index (χ1v) is 7.41. The van der Waals surface area contributed by atoms with Gasteiger partial charge in [-0.3, -0.25) is 0 Å². The summed E-state index contributed by atoms with van der Waals surface area (Å²) in [6.45, 7) is 2.07. The molecule has 0 amide bonds. The molecule has 0 bridgehead atoms. The molecule has 0 atom stereocenters. The molecule has 0 saturated carbocycles. The molecule has 0 saturated heterocycles. The maximum absolute atomic E-state index is 13.5. The lowest BCUT2D eigenvalue weighted by Gasteiger charge is -2.14. The molecule has 20 heavy (non-hydrogen) atoms. The second kappa shape index (κ2) is 6.81. The van der Waals surface area contributed by atoms with Crippen molar-refractivity contribution in [2.75, 3.05) is 10.6 Å². The molecule has 0 aliphatic carbocycles. The minimum Gasteiger partial charge on any atom is -0.332 e. The summed E-state index contributed by atoms with van der Waals surface area (Å²) in [5.74, 6) is -0.330. The van der Waals surface area contributed by atoms with Gasteiger partial charge >= 0.3 is 0 Å². The van der Waals surface area contributed by atoms with Gasteiger partial charge < -0.3 is 10.6 Å². The predicted molar refractivity (Wildman–Crippen MR) is 89.8 cm³/mol. The van der Waals surface area contributed by atoms with Gasteiger partial charge in [0.25, 0.3) is 0 Å². The summed E-state index contributed by atoms with van der Waals surface area (Å²) in [7, 11) is 0. The van der Waals surface area contributed by atoms with Crippen LogP contribution in [-0.4, -0.2) is 5.11 Å². The first-order valence-electron chi connectivity index (χ1n) is 6.21. The average Bonchev–Trinajstić information content (AvgIpc) is 2.43. The third kappa shape index (κ3) is 3.77. The molecule has 2 aromatic carbocycles. The van der Waals surface area contributed by atoms with Crippen LogP contribution < -0.4 is 10.6 Å². The van der Waals surface area contributed by atoms with Crippen molar-refractivity contribution in [2.24, 2.45) is 0 Å². The highest BCUT2D eigenvalue weighted by molar-refractivity contribution is 9.10. The number of hydrogen-bond donors (Lipinski definition) is 2. The Morgan fingerprint density at radius 2 is 1.85 bits per heavy atom. The Kier molecular flexibility index (Phi) is 5.09. The van der Waals surface area contributed by atoms with Crippen molar-refractivity contribution in [3.63, 3.8) is 0 Å². The Bertz CT molecular complexity index is 631. The van der Waals surface area contributed by atoms with Gasteiger partial charge in [0.15, 0.2) is 5.11 Å². The highest BCUT2D eigenvalue weighted by atomic mass is 79.9. The fourth-order valence-electron chi connectivity index (χ4n) is 1.82. The second-order valence-electron chi connectivity index (χ2n) is 4.21. The van der Waals surface area contributed by atoms with Gasteiger partial charge in [-0.25, -0.2) is 4.39 Å². The minimum atomic E-state index is -0.330. The minimum absolute atomic E-state index is 0.330. The van der Waals surface area contributed by atoms with Crippen LogP contribution in [0.4, 0.5) is 15.8 Å². The smallest absolute Gasteiger partial charge is 0.175 e. The summed E-state index contributed by atoms with van der Waals surface area (Å²) in [6.07, 6.45) is 0.879. The number of para-hydroxylation sites is 1. The summed E-state index contributed by atoms with van der Waals surface area (Å²) in [6, 6.07) is 12.3. The fraction of sp³-hybridized carbons (Fsp3) is 0.133. The monoisotopic (exact) mass is 352 g/mol. The maximum atomic E-state index is 13.5. The number of benzene rings is 2. The van der Waals surface area contributed by atoms with E-state index in [-0.39, 0.29) is 5.82 Å². The Hall–Kier alpha value is -1.46. The topological polar surface area (TPSA) is 24.1 Å². The summed E-state index contributed by atoms with van der Waals surface area (Å²) in [5.41, 5.74) is 2.42. The lowest BCUT2D eigenvalue weighted by Crippen LogP contribution is -2.20. The van der Waals surface area contributed by atoms with Gasteiger partial charge in [0.05, 0.1) is 5.69 Å². The van der Waals surface area contributed by atoms with Crippen molar-refractivity contribution < 1.29 is 4.39 Å². The van der Waals surface area contributed by atoms with E-state index in [2.05, 4.69) is 33.5 Å². The third-order valence-corrected chi connectivity index (χ3v) is 3.52. The number of nitrogens with one attached hydrogen (secondary N) is 2. The van der Waals surface area contributed by atoms with Gasteiger partial charge in [-0.2, -0.15) is 0 Å². The van der Waals surface area contributed by atoms with E-state index in [1.165, 1.54) is 6.07 Å². The van der Waals surface area contributed by atoms with E-state index >= 15 is 0 Å². The highest BCUT2D eigenvalue weighted by Crippen LogP contribution is 2.22. The zero-order valence-electron chi connectivity index (χ0n) is 10.9. The second-order valence-corrected chi connectivity index (χ2v) is 5.54. The summed E-state index contributed by atoms with van der Waals surface area (Å²) in [4.78, 5) is 0. The number of anilines is 2.